The Morgan fingerprint density at radius 3 is 2.38 bits per heavy atom. The fourth-order valence-electron chi connectivity index (χ4n) is 2.38. The molecular weight excluding hydrogens is 262 g/mol. The molecule has 2 aromatic rings. The lowest BCUT2D eigenvalue weighted by Gasteiger charge is -2.13. The lowest BCUT2D eigenvalue weighted by molar-refractivity contribution is 0.173. The van der Waals surface area contributed by atoms with E-state index < -0.39 is 6.10 Å². The standard InChI is InChI=1S/C18H25NO2/c1-13(2)10-15-5-7-16(8-6-15)18(20)12-19-11-17-9-4-14(3)21-17/h4-9,13,18-20H,10-12H2,1-3H3. The Labute approximate surface area is 127 Å². The van der Waals surface area contributed by atoms with Crippen LogP contribution in [0, 0.1) is 12.8 Å². The molecule has 2 N–H and O–H groups in total. The summed E-state index contributed by atoms with van der Waals surface area (Å²) in [6.45, 7) is 7.50. The first-order chi connectivity index (χ1) is 10.0. The molecule has 1 heterocycles. The SMILES string of the molecule is Cc1ccc(CNCC(O)c2ccc(CC(C)C)cc2)o1. The highest BCUT2D eigenvalue weighted by Crippen LogP contribution is 2.15. The Morgan fingerprint density at radius 1 is 1.10 bits per heavy atom. The van der Waals surface area contributed by atoms with Crippen LogP contribution in [0.2, 0.25) is 0 Å². The minimum Gasteiger partial charge on any atom is -0.465 e. The van der Waals surface area contributed by atoms with Crippen molar-refractivity contribution in [3.8, 4) is 0 Å². The quantitative estimate of drug-likeness (QED) is 0.817. The van der Waals surface area contributed by atoms with Crippen LogP contribution in [-0.4, -0.2) is 11.7 Å². The van der Waals surface area contributed by atoms with Gasteiger partial charge in [-0.05, 0) is 42.5 Å². The van der Waals surface area contributed by atoms with Gasteiger partial charge in [-0.25, -0.2) is 0 Å². The third kappa shape index (κ3) is 5.03. The fraction of sp³-hybridized carbons (Fsp3) is 0.444. The first kappa shape index (κ1) is 15.8. The molecule has 0 spiro atoms. The second-order valence-corrected chi connectivity index (χ2v) is 6.00. The average molecular weight is 287 g/mol. The smallest absolute Gasteiger partial charge is 0.117 e. The molecule has 1 aromatic heterocycles. The summed E-state index contributed by atoms with van der Waals surface area (Å²) >= 11 is 0. The Morgan fingerprint density at radius 2 is 1.81 bits per heavy atom. The number of furan rings is 1. The van der Waals surface area contributed by atoms with Gasteiger partial charge in [0.2, 0.25) is 0 Å². The van der Waals surface area contributed by atoms with Gasteiger partial charge in [0.25, 0.3) is 0 Å². The summed E-state index contributed by atoms with van der Waals surface area (Å²) < 4.78 is 5.48. The molecule has 1 unspecified atom stereocenters. The number of hydrogen-bond donors (Lipinski definition) is 2. The molecule has 0 saturated carbocycles. The van der Waals surface area contributed by atoms with E-state index in [1.54, 1.807) is 0 Å². The molecule has 0 aliphatic rings. The van der Waals surface area contributed by atoms with Gasteiger partial charge in [0.15, 0.2) is 0 Å². The maximum absolute atomic E-state index is 10.2. The van der Waals surface area contributed by atoms with Crippen molar-refractivity contribution in [3.63, 3.8) is 0 Å². The predicted octanol–water partition coefficient (Wildman–Crippen LogP) is 3.61. The summed E-state index contributed by atoms with van der Waals surface area (Å²) in [5.74, 6) is 2.46. The maximum atomic E-state index is 10.2. The number of rotatable bonds is 7. The van der Waals surface area contributed by atoms with Crippen LogP contribution in [0.5, 0.6) is 0 Å². The number of hydrogen-bond acceptors (Lipinski definition) is 3. The van der Waals surface area contributed by atoms with E-state index in [4.69, 9.17) is 4.42 Å². The van der Waals surface area contributed by atoms with Crippen molar-refractivity contribution in [2.45, 2.75) is 39.8 Å². The van der Waals surface area contributed by atoms with Crippen LogP contribution >= 0.6 is 0 Å². The first-order valence-corrected chi connectivity index (χ1v) is 7.57. The molecule has 1 aromatic carbocycles. The number of benzene rings is 1. The third-order valence-electron chi connectivity index (χ3n) is 3.44. The molecule has 21 heavy (non-hydrogen) atoms. The van der Waals surface area contributed by atoms with Crippen molar-refractivity contribution < 1.29 is 9.52 Å². The number of aliphatic hydroxyl groups is 1. The number of aryl methyl sites for hydroxylation is 1. The van der Waals surface area contributed by atoms with E-state index >= 15 is 0 Å². The molecule has 0 saturated heterocycles. The van der Waals surface area contributed by atoms with Crippen molar-refractivity contribution in [3.05, 3.63) is 59.0 Å². The van der Waals surface area contributed by atoms with Gasteiger partial charge in [0, 0.05) is 6.54 Å². The zero-order valence-electron chi connectivity index (χ0n) is 13.1. The second kappa shape index (κ2) is 7.43. The first-order valence-electron chi connectivity index (χ1n) is 7.57. The summed E-state index contributed by atoms with van der Waals surface area (Å²) in [5, 5.41) is 13.4. The summed E-state index contributed by atoms with van der Waals surface area (Å²) in [4.78, 5) is 0. The van der Waals surface area contributed by atoms with Crippen LogP contribution in [0.25, 0.3) is 0 Å². The van der Waals surface area contributed by atoms with E-state index in [1.165, 1.54) is 5.56 Å². The zero-order valence-corrected chi connectivity index (χ0v) is 13.1. The Balaban J connectivity index is 1.81. The van der Waals surface area contributed by atoms with Gasteiger partial charge in [-0.15, -0.1) is 0 Å². The molecule has 1 atom stereocenters. The third-order valence-corrected chi connectivity index (χ3v) is 3.44. The van der Waals surface area contributed by atoms with Crippen molar-refractivity contribution in [2.24, 2.45) is 5.92 Å². The minimum atomic E-state index is -0.492. The number of nitrogens with one attached hydrogen (secondary N) is 1. The molecule has 0 aliphatic carbocycles. The normalized spacial score (nSPS) is 12.8. The monoisotopic (exact) mass is 287 g/mol. The summed E-state index contributed by atoms with van der Waals surface area (Å²) in [6.07, 6.45) is 0.584. The van der Waals surface area contributed by atoms with Crippen LogP contribution in [0.15, 0.2) is 40.8 Å². The maximum Gasteiger partial charge on any atom is 0.117 e. The lowest BCUT2D eigenvalue weighted by Crippen LogP contribution is -2.20. The van der Waals surface area contributed by atoms with E-state index in [9.17, 15) is 5.11 Å². The Bertz CT molecular complexity index is 543. The predicted molar refractivity (Wildman–Crippen MR) is 85.1 cm³/mol. The lowest BCUT2D eigenvalue weighted by atomic mass is 10.0. The van der Waals surface area contributed by atoms with Gasteiger partial charge in [0.1, 0.15) is 11.5 Å². The Hall–Kier alpha value is -1.58. The zero-order chi connectivity index (χ0) is 15.2. The van der Waals surface area contributed by atoms with Crippen molar-refractivity contribution in [1.29, 1.82) is 0 Å². The van der Waals surface area contributed by atoms with E-state index in [2.05, 4.69) is 31.3 Å². The molecule has 0 radical (unpaired) electrons. The van der Waals surface area contributed by atoms with E-state index in [-0.39, 0.29) is 0 Å². The molecule has 0 bridgehead atoms. The summed E-state index contributed by atoms with van der Waals surface area (Å²) in [5.41, 5.74) is 2.27. The van der Waals surface area contributed by atoms with Crippen molar-refractivity contribution in [1.82, 2.24) is 5.32 Å². The van der Waals surface area contributed by atoms with Crippen molar-refractivity contribution >= 4 is 0 Å². The second-order valence-electron chi connectivity index (χ2n) is 6.00. The van der Waals surface area contributed by atoms with Crippen molar-refractivity contribution in [2.75, 3.05) is 6.54 Å². The molecule has 3 heteroatoms. The van der Waals surface area contributed by atoms with Crippen LogP contribution in [0.1, 0.15) is 42.6 Å². The molecule has 2 rings (SSSR count). The van der Waals surface area contributed by atoms with E-state index in [0.717, 1.165) is 23.5 Å². The highest BCUT2D eigenvalue weighted by atomic mass is 16.3. The molecule has 0 amide bonds. The topological polar surface area (TPSA) is 45.4 Å². The van der Waals surface area contributed by atoms with Crippen LogP contribution in [0.4, 0.5) is 0 Å². The Kier molecular flexibility index (Phi) is 5.59. The fourth-order valence-corrected chi connectivity index (χ4v) is 2.38. The molecule has 3 nitrogen and oxygen atoms in total. The molecule has 0 aliphatic heterocycles. The highest BCUT2D eigenvalue weighted by molar-refractivity contribution is 5.24. The van der Waals surface area contributed by atoms with Gasteiger partial charge >= 0.3 is 0 Å². The molecule has 0 fully saturated rings. The summed E-state index contributed by atoms with van der Waals surface area (Å²) in [6, 6.07) is 12.1. The highest BCUT2D eigenvalue weighted by Gasteiger charge is 2.08. The number of aliphatic hydroxyl groups excluding tert-OH is 1. The van der Waals surface area contributed by atoms with E-state index in [0.29, 0.717) is 19.0 Å². The largest absolute Gasteiger partial charge is 0.465 e. The average Bonchev–Trinajstić information content (AvgIpc) is 2.84. The molecular formula is C18H25NO2. The van der Waals surface area contributed by atoms with Crippen LogP contribution < -0.4 is 5.32 Å². The van der Waals surface area contributed by atoms with Crippen LogP contribution in [-0.2, 0) is 13.0 Å². The van der Waals surface area contributed by atoms with Gasteiger partial charge in [-0.2, -0.15) is 0 Å². The van der Waals surface area contributed by atoms with Crippen LogP contribution in [0.3, 0.4) is 0 Å². The van der Waals surface area contributed by atoms with Gasteiger partial charge in [0.05, 0.1) is 12.6 Å². The van der Waals surface area contributed by atoms with Gasteiger partial charge < -0.3 is 14.8 Å². The van der Waals surface area contributed by atoms with Gasteiger partial charge in [-0.3, -0.25) is 0 Å². The van der Waals surface area contributed by atoms with E-state index in [1.807, 2.05) is 31.2 Å². The minimum absolute atomic E-state index is 0.492. The molecule has 114 valence electrons. The van der Waals surface area contributed by atoms with Gasteiger partial charge in [-0.1, -0.05) is 38.1 Å². The summed E-state index contributed by atoms with van der Waals surface area (Å²) in [7, 11) is 0.